The molecule has 0 radical (unpaired) electrons. The third kappa shape index (κ3) is 1.82. The molecule has 1 spiro atoms. The molecule has 5 nitrogen and oxygen atoms in total. The van der Waals surface area contributed by atoms with E-state index in [0.717, 1.165) is 6.42 Å². The van der Waals surface area contributed by atoms with Crippen LogP contribution in [0.1, 0.15) is 5.56 Å². The van der Waals surface area contributed by atoms with Crippen molar-refractivity contribution in [3.63, 3.8) is 0 Å². The largest absolute Gasteiger partial charge is 0.481 e. The fourth-order valence-electron chi connectivity index (χ4n) is 3.96. The topological polar surface area (TPSA) is 66.8 Å². The average Bonchev–Trinajstić information content (AvgIpc) is 3.14. The summed E-state index contributed by atoms with van der Waals surface area (Å²) < 4.78 is 5.86. The fourth-order valence-corrected chi connectivity index (χ4v) is 3.96. The number of rotatable bonds is 4. The molecular formula is C17H17NO4. The summed E-state index contributed by atoms with van der Waals surface area (Å²) in [5.74, 6) is -2.36. The van der Waals surface area contributed by atoms with Crippen molar-refractivity contribution in [2.45, 2.75) is 18.1 Å². The highest BCUT2D eigenvalue weighted by atomic mass is 16.5. The van der Waals surface area contributed by atoms with Gasteiger partial charge in [0.1, 0.15) is 11.5 Å². The number of hydrogen-bond acceptors (Lipinski definition) is 3. The van der Waals surface area contributed by atoms with Crippen molar-refractivity contribution in [2.75, 3.05) is 13.1 Å². The Balaban J connectivity index is 1.53. The van der Waals surface area contributed by atoms with Gasteiger partial charge < -0.3 is 14.7 Å². The highest BCUT2D eigenvalue weighted by Crippen LogP contribution is 2.51. The van der Waals surface area contributed by atoms with E-state index >= 15 is 0 Å². The van der Waals surface area contributed by atoms with E-state index in [1.165, 1.54) is 5.56 Å². The van der Waals surface area contributed by atoms with Gasteiger partial charge in [0.15, 0.2) is 0 Å². The van der Waals surface area contributed by atoms with Crippen molar-refractivity contribution in [1.29, 1.82) is 0 Å². The Kier molecular flexibility index (Phi) is 2.87. The van der Waals surface area contributed by atoms with Crippen LogP contribution >= 0.6 is 0 Å². The Bertz CT molecular complexity index is 656. The molecule has 22 heavy (non-hydrogen) atoms. The second-order valence-corrected chi connectivity index (χ2v) is 6.23. The minimum atomic E-state index is -0.945. The summed E-state index contributed by atoms with van der Waals surface area (Å²) in [6.07, 6.45) is 3.99. The maximum Gasteiger partial charge on any atom is 0.310 e. The first kappa shape index (κ1) is 13.5. The first-order valence-corrected chi connectivity index (χ1v) is 7.53. The molecule has 3 aliphatic heterocycles. The number of aliphatic carboxylic acids is 1. The second kappa shape index (κ2) is 4.68. The zero-order valence-corrected chi connectivity index (χ0v) is 12.0. The predicted octanol–water partition coefficient (Wildman–Crippen LogP) is 1.10. The van der Waals surface area contributed by atoms with E-state index in [-0.39, 0.29) is 5.91 Å². The molecule has 0 aliphatic carbocycles. The molecule has 2 saturated heterocycles. The second-order valence-electron chi connectivity index (χ2n) is 6.23. The van der Waals surface area contributed by atoms with Gasteiger partial charge in [0.25, 0.3) is 0 Å². The molecule has 4 atom stereocenters. The molecular weight excluding hydrogens is 282 g/mol. The molecule has 2 fully saturated rings. The first-order valence-electron chi connectivity index (χ1n) is 7.53. The SMILES string of the molecule is O=C(O)C1C2C=CC3(CN(CCc4ccccc4)C(=O)C13)O2. The van der Waals surface area contributed by atoms with E-state index in [0.29, 0.717) is 13.1 Å². The van der Waals surface area contributed by atoms with Crippen LogP contribution in [0, 0.1) is 11.8 Å². The van der Waals surface area contributed by atoms with E-state index in [1.807, 2.05) is 36.4 Å². The number of carbonyl (C=O) groups is 2. The van der Waals surface area contributed by atoms with Gasteiger partial charge in [-0.2, -0.15) is 0 Å². The molecule has 114 valence electrons. The molecule has 1 N–H and O–H groups in total. The van der Waals surface area contributed by atoms with Crippen molar-refractivity contribution in [3.8, 4) is 0 Å². The lowest BCUT2D eigenvalue weighted by atomic mass is 9.77. The van der Waals surface area contributed by atoms with Gasteiger partial charge >= 0.3 is 5.97 Å². The fraction of sp³-hybridized carbons (Fsp3) is 0.412. The Morgan fingerprint density at radius 1 is 1.36 bits per heavy atom. The number of likely N-dealkylation sites (tertiary alicyclic amines) is 1. The van der Waals surface area contributed by atoms with Crippen molar-refractivity contribution in [3.05, 3.63) is 48.0 Å². The lowest BCUT2D eigenvalue weighted by molar-refractivity contribution is -0.148. The third-order valence-corrected chi connectivity index (χ3v) is 4.98. The summed E-state index contributed by atoms with van der Waals surface area (Å²) in [4.78, 5) is 25.9. The normalized spacial score (nSPS) is 35.2. The number of amides is 1. The Morgan fingerprint density at radius 2 is 2.14 bits per heavy atom. The summed E-state index contributed by atoms with van der Waals surface area (Å²) in [7, 11) is 0. The van der Waals surface area contributed by atoms with Gasteiger partial charge in [-0.1, -0.05) is 42.5 Å². The number of fused-ring (bicyclic) bond motifs is 1. The van der Waals surface area contributed by atoms with Crippen LogP contribution in [0.3, 0.4) is 0 Å². The number of carboxylic acids is 1. The van der Waals surface area contributed by atoms with Gasteiger partial charge in [0.2, 0.25) is 5.91 Å². The van der Waals surface area contributed by atoms with Gasteiger partial charge in [0, 0.05) is 6.54 Å². The van der Waals surface area contributed by atoms with Gasteiger partial charge in [-0.15, -0.1) is 0 Å². The maximum absolute atomic E-state index is 12.7. The van der Waals surface area contributed by atoms with Crippen LogP contribution in [0.4, 0.5) is 0 Å². The van der Waals surface area contributed by atoms with Crippen LogP contribution < -0.4 is 0 Å². The van der Waals surface area contributed by atoms with E-state index in [9.17, 15) is 14.7 Å². The molecule has 3 heterocycles. The summed E-state index contributed by atoms with van der Waals surface area (Å²) in [6, 6.07) is 9.97. The van der Waals surface area contributed by atoms with Crippen LogP contribution in [-0.2, 0) is 20.7 Å². The minimum Gasteiger partial charge on any atom is -0.481 e. The van der Waals surface area contributed by atoms with Gasteiger partial charge in [-0.3, -0.25) is 9.59 Å². The smallest absolute Gasteiger partial charge is 0.310 e. The number of carboxylic acid groups (broad SMARTS) is 1. The molecule has 0 saturated carbocycles. The maximum atomic E-state index is 12.7. The highest BCUT2D eigenvalue weighted by molar-refractivity contribution is 5.90. The number of hydrogen-bond donors (Lipinski definition) is 1. The molecule has 4 unspecified atom stereocenters. The van der Waals surface area contributed by atoms with Crippen molar-refractivity contribution < 1.29 is 19.4 Å². The van der Waals surface area contributed by atoms with E-state index in [2.05, 4.69) is 0 Å². The molecule has 0 aromatic heterocycles. The Morgan fingerprint density at radius 3 is 2.86 bits per heavy atom. The van der Waals surface area contributed by atoms with Crippen LogP contribution in [0.2, 0.25) is 0 Å². The molecule has 1 aromatic carbocycles. The Labute approximate surface area is 128 Å². The highest BCUT2D eigenvalue weighted by Gasteiger charge is 2.66. The zero-order valence-electron chi connectivity index (χ0n) is 12.0. The summed E-state index contributed by atoms with van der Waals surface area (Å²) >= 11 is 0. The standard InChI is InChI=1S/C17H17NO4/c19-15-14-13(16(20)21)12-6-8-17(14,22-12)10-18(15)9-7-11-4-2-1-3-5-11/h1-6,8,12-14H,7,9-10H2,(H,20,21). The lowest BCUT2D eigenvalue weighted by Crippen LogP contribution is -2.39. The monoisotopic (exact) mass is 299 g/mol. The average molecular weight is 299 g/mol. The van der Waals surface area contributed by atoms with Crippen LogP contribution in [0.25, 0.3) is 0 Å². The van der Waals surface area contributed by atoms with Crippen LogP contribution in [0.15, 0.2) is 42.5 Å². The molecule has 1 amide bonds. The third-order valence-electron chi connectivity index (χ3n) is 4.98. The molecule has 4 rings (SSSR count). The van der Waals surface area contributed by atoms with Gasteiger partial charge in [-0.25, -0.2) is 0 Å². The molecule has 3 aliphatic rings. The minimum absolute atomic E-state index is 0.0878. The summed E-state index contributed by atoms with van der Waals surface area (Å²) in [5.41, 5.74) is 0.446. The summed E-state index contributed by atoms with van der Waals surface area (Å²) in [6.45, 7) is 1.05. The van der Waals surface area contributed by atoms with Crippen LogP contribution in [0.5, 0.6) is 0 Å². The number of carbonyl (C=O) groups excluding carboxylic acids is 1. The van der Waals surface area contributed by atoms with Gasteiger partial charge in [0.05, 0.1) is 18.6 Å². The zero-order chi connectivity index (χ0) is 15.3. The lowest BCUT2D eigenvalue weighted by Gasteiger charge is -2.21. The van der Waals surface area contributed by atoms with E-state index in [4.69, 9.17) is 4.74 Å². The first-order chi connectivity index (χ1) is 10.6. The van der Waals surface area contributed by atoms with Crippen molar-refractivity contribution in [2.24, 2.45) is 11.8 Å². The number of benzene rings is 1. The van der Waals surface area contributed by atoms with E-state index in [1.54, 1.807) is 11.0 Å². The predicted molar refractivity (Wildman–Crippen MR) is 78.1 cm³/mol. The Hall–Kier alpha value is -2.14. The quantitative estimate of drug-likeness (QED) is 0.845. The molecule has 5 heteroatoms. The number of ether oxygens (including phenoxy) is 1. The van der Waals surface area contributed by atoms with Crippen molar-refractivity contribution in [1.82, 2.24) is 4.90 Å². The van der Waals surface area contributed by atoms with Gasteiger partial charge in [-0.05, 0) is 12.0 Å². The molecule has 2 bridgehead atoms. The van der Waals surface area contributed by atoms with Crippen molar-refractivity contribution >= 4 is 11.9 Å². The molecule has 1 aromatic rings. The number of nitrogens with zero attached hydrogens (tertiary/aromatic N) is 1. The summed E-state index contributed by atoms with van der Waals surface area (Å²) in [5, 5.41) is 9.41. The van der Waals surface area contributed by atoms with Crippen LogP contribution in [-0.4, -0.2) is 46.7 Å². The van der Waals surface area contributed by atoms with E-state index < -0.39 is 29.5 Å².